The third kappa shape index (κ3) is 7.05. The van der Waals surface area contributed by atoms with Crippen molar-refractivity contribution >= 4 is 23.4 Å². The van der Waals surface area contributed by atoms with Crippen LogP contribution < -0.4 is 10.1 Å². The first-order chi connectivity index (χ1) is 17.6. The molecule has 1 N–H and O–H groups in total. The van der Waals surface area contributed by atoms with E-state index < -0.39 is 11.7 Å². The number of nitrogens with zero attached hydrogens (tertiary/aromatic N) is 2. The lowest BCUT2D eigenvalue weighted by Crippen LogP contribution is -2.49. The summed E-state index contributed by atoms with van der Waals surface area (Å²) in [7, 11) is 4.73. The van der Waals surface area contributed by atoms with Gasteiger partial charge in [-0.1, -0.05) is 6.92 Å². The van der Waals surface area contributed by atoms with Gasteiger partial charge in [0.05, 0.1) is 17.7 Å². The first kappa shape index (κ1) is 28.1. The first-order valence-electron chi connectivity index (χ1n) is 12.0. The van der Waals surface area contributed by atoms with Crippen molar-refractivity contribution in [2.24, 2.45) is 5.92 Å². The highest BCUT2D eigenvalue weighted by Gasteiger charge is 2.30. The van der Waals surface area contributed by atoms with E-state index in [4.69, 9.17) is 14.2 Å². The standard InChI is InChI=1S/C27H34FN3O6/c1-17-13-31(25(32)16-35-4)18(2)15-37-23-12-21(29-26(33)19-6-8-20(28)9-7-19)10-11-22(23)27(34)30(3)14-24(17)36-5/h6-12,17-18,24H,13-16H2,1-5H3,(H,29,33)/t17-,18+,24-/m0/s1. The smallest absolute Gasteiger partial charge is 0.257 e. The number of likely N-dealkylation sites (N-methyl/N-ethyl adjacent to an activating group) is 1. The third-order valence-corrected chi connectivity index (χ3v) is 6.40. The molecule has 0 saturated carbocycles. The zero-order valence-electron chi connectivity index (χ0n) is 21.8. The number of anilines is 1. The average molecular weight is 516 g/mol. The van der Waals surface area contributed by atoms with Crippen LogP contribution in [0.15, 0.2) is 42.5 Å². The molecule has 1 aliphatic rings. The quantitative estimate of drug-likeness (QED) is 0.658. The molecule has 3 amide bonds. The largest absolute Gasteiger partial charge is 0.491 e. The van der Waals surface area contributed by atoms with Crippen LogP contribution in [0, 0.1) is 11.7 Å². The van der Waals surface area contributed by atoms with Gasteiger partial charge in [0.1, 0.15) is 24.8 Å². The van der Waals surface area contributed by atoms with Crippen molar-refractivity contribution < 1.29 is 33.0 Å². The third-order valence-electron chi connectivity index (χ3n) is 6.40. The van der Waals surface area contributed by atoms with Crippen molar-refractivity contribution in [3.05, 3.63) is 59.4 Å². The fourth-order valence-corrected chi connectivity index (χ4v) is 4.21. The minimum absolute atomic E-state index is 0.0635. The van der Waals surface area contributed by atoms with Crippen LogP contribution in [0.3, 0.4) is 0 Å². The van der Waals surface area contributed by atoms with Gasteiger partial charge in [-0.15, -0.1) is 0 Å². The van der Waals surface area contributed by atoms with Crippen molar-refractivity contribution in [1.82, 2.24) is 9.80 Å². The molecular weight excluding hydrogens is 481 g/mol. The summed E-state index contributed by atoms with van der Waals surface area (Å²) in [5.74, 6) is -1.11. The number of hydrogen-bond donors (Lipinski definition) is 1. The molecule has 1 aliphatic heterocycles. The minimum atomic E-state index is -0.440. The molecule has 0 unspecified atom stereocenters. The monoisotopic (exact) mass is 515 g/mol. The zero-order chi connectivity index (χ0) is 27.1. The lowest BCUT2D eigenvalue weighted by Gasteiger charge is -2.36. The van der Waals surface area contributed by atoms with Gasteiger partial charge in [-0.3, -0.25) is 14.4 Å². The number of amides is 3. The highest BCUT2D eigenvalue weighted by Crippen LogP contribution is 2.27. The molecule has 3 atom stereocenters. The van der Waals surface area contributed by atoms with Crippen LogP contribution in [0.4, 0.5) is 10.1 Å². The van der Waals surface area contributed by atoms with Gasteiger partial charge in [-0.05, 0) is 43.3 Å². The van der Waals surface area contributed by atoms with Crippen LogP contribution in [0.2, 0.25) is 0 Å². The number of nitrogens with one attached hydrogen (secondary N) is 1. The molecule has 200 valence electrons. The topological polar surface area (TPSA) is 97.4 Å². The van der Waals surface area contributed by atoms with Crippen LogP contribution in [-0.2, 0) is 14.3 Å². The molecule has 1 heterocycles. The Morgan fingerprint density at radius 3 is 2.46 bits per heavy atom. The van der Waals surface area contributed by atoms with Gasteiger partial charge >= 0.3 is 0 Å². The lowest BCUT2D eigenvalue weighted by atomic mass is 10.0. The van der Waals surface area contributed by atoms with Gasteiger partial charge in [-0.2, -0.15) is 0 Å². The number of rotatable bonds is 5. The predicted molar refractivity (Wildman–Crippen MR) is 136 cm³/mol. The molecule has 0 bridgehead atoms. The Morgan fingerprint density at radius 1 is 1.11 bits per heavy atom. The molecule has 9 nitrogen and oxygen atoms in total. The lowest BCUT2D eigenvalue weighted by molar-refractivity contribution is -0.139. The van der Waals surface area contributed by atoms with Crippen molar-refractivity contribution in [2.75, 3.05) is 52.9 Å². The van der Waals surface area contributed by atoms with Gasteiger partial charge < -0.3 is 29.3 Å². The Labute approximate surface area is 216 Å². The van der Waals surface area contributed by atoms with Crippen LogP contribution in [0.25, 0.3) is 0 Å². The number of halogens is 1. The summed E-state index contributed by atoms with van der Waals surface area (Å²) in [6, 6.07) is 9.61. The van der Waals surface area contributed by atoms with Crippen molar-refractivity contribution in [3.63, 3.8) is 0 Å². The van der Waals surface area contributed by atoms with E-state index in [0.29, 0.717) is 24.3 Å². The predicted octanol–water partition coefficient (Wildman–Crippen LogP) is 3.06. The van der Waals surface area contributed by atoms with Crippen molar-refractivity contribution in [1.29, 1.82) is 0 Å². The van der Waals surface area contributed by atoms with Gasteiger partial charge in [0, 0.05) is 57.6 Å². The van der Waals surface area contributed by atoms with Crippen LogP contribution in [-0.4, -0.2) is 87.2 Å². The molecule has 2 aromatic rings. The SMILES string of the molecule is COCC(=O)N1C[C@H](C)[C@@H](OC)CN(C)C(=O)c2ccc(NC(=O)c3ccc(F)cc3)cc2OC[C@H]1C. The number of ether oxygens (including phenoxy) is 3. The molecule has 2 aromatic carbocycles. The van der Waals surface area contributed by atoms with E-state index >= 15 is 0 Å². The van der Waals surface area contributed by atoms with E-state index in [0.717, 1.165) is 0 Å². The van der Waals surface area contributed by atoms with E-state index in [1.54, 1.807) is 42.2 Å². The molecule has 37 heavy (non-hydrogen) atoms. The fraction of sp³-hybridized carbons (Fsp3) is 0.444. The summed E-state index contributed by atoms with van der Waals surface area (Å²) in [4.78, 5) is 42.0. The second-order valence-corrected chi connectivity index (χ2v) is 9.25. The summed E-state index contributed by atoms with van der Waals surface area (Å²) >= 11 is 0. The molecular formula is C27H34FN3O6. The maximum absolute atomic E-state index is 13.3. The summed E-state index contributed by atoms with van der Waals surface area (Å²) in [5, 5.41) is 2.75. The van der Waals surface area contributed by atoms with Crippen molar-refractivity contribution in [3.8, 4) is 5.75 Å². The highest BCUT2D eigenvalue weighted by atomic mass is 19.1. The number of methoxy groups -OCH3 is 2. The first-order valence-corrected chi connectivity index (χ1v) is 12.0. The van der Waals surface area contributed by atoms with E-state index in [2.05, 4.69) is 5.32 Å². The molecule has 0 spiro atoms. The van der Waals surface area contributed by atoms with Crippen molar-refractivity contribution in [2.45, 2.75) is 26.0 Å². The van der Waals surface area contributed by atoms with Gasteiger partial charge in [0.25, 0.3) is 11.8 Å². The number of carbonyl (C=O) groups excluding carboxylic acids is 3. The summed E-state index contributed by atoms with van der Waals surface area (Å²) in [6.07, 6.45) is -0.308. The molecule has 0 aromatic heterocycles. The van der Waals surface area contributed by atoms with E-state index in [-0.39, 0.29) is 54.4 Å². The van der Waals surface area contributed by atoms with Crippen LogP contribution in [0.5, 0.6) is 5.75 Å². The summed E-state index contributed by atoms with van der Waals surface area (Å²) in [6.45, 7) is 4.58. The summed E-state index contributed by atoms with van der Waals surface area (Å²) < 4.78 is 30.0. The normalized spacial score (nSPS) is 20.8. The zero-order valence-corrected chi connectivity index (χ0v) is 21.8. The molecule has 0 aliphatic carbocycles. The van der Waals surface area contributed by atoms with Gasteiger partial charge in [0.2, 0.25) is 5.91 Å². The minimum Gasteiger partial charge on any atom is -0.491 e. The molecule has 0 saturated heterocycles. The Hall–Kier alpha value is -3.50. The number of carbonyl (C=O) groups is 3. The second kappa shape index (κ2) is 12.6. The maximum Gasteiger partial charge on any atom is 0.257 e. The molecule has 3 rings (SSSR count). The molecule has 10 heteroatoms. The highest BCUT2D eigenvalue weighted by molar-refractivity contribution is 6.05. The Morgan fingerprint density at radius 2 is 1.81 bits per heavy atom. The van der Waals surface area contributed by atoms with Gasteiger partial charge in [-0.25, -0.2) is 4.39 Å². The van der Waals surface area contributed by atoms with Gasteiger partial charge in [0.15, 0.2) is 0 Å². The average Bonchev–Trinajstić information content (AvgIpc) is 2.88. The number of hydrogen-bond acceptors (Lipinski definition) is 6. The van der Waals surface area contributed by atoms with E-state index in [1.807, 2.05) is 13.8 Å². The van der Waals surface area contributed by atoms with E-state index in [1.165, 1.54) is 31.4 Å². The molecule has 0 radical (unpaired) electrons. The number of benzene rings is 2. The van der Waals surface area contributed by atoms with Crippen LogP contribution in [0.1, 0.15) is 34.6 Å². The second-order valence-electron chi connectivity index (χ2n) is 9.25. The van der Waals surface area contributed by atoms with Crippen LogP contribution >= 0.6 is 0 Å². The summed E-state index contributed by atoms with van der Waals surface area (Å²) in [5.41, 5.74) is 0.998. The Kier molecular flexibility index (Phi) is 9.60. The Bertz CT molecular complexity index is 1110. The fourth-order valence-electron chi connectivity index (χ4n) is 4.21. The number of fused-ring (bicyclic) bond motifs is 1. The van der Waals surface area contributed by atoms with E-state index in [9.17, 15) is 18.8 Å². The Balaban J connectivity index is 1.93. The molecule has 0 fully saturated rings. The maximum atomic E-state index is 13.3.